The molecule has 4 rings (SSSR count). The van der Waals surface area contributed by atoms with Crippen molar-refractivity contribution in [2.24, 2.45) is 0 Å². The Balaban J connectivity index is 1.68. The molecule has 30 heavy (non-hydrogen) atoms. The first-order valence-electron chi connectivity index (χ1n) is 8.81. The minimum Gasteiger partial charge on any atom is -0.455 e. The number of thiophene rings is 1. The van der Waals surface area contributed by atoms with Gasteiger partial charge in [0, 0.05) is 0 Å². The summed E-state index contributed by atoms with van der Waals surface area (Å²) < 4.78 is 45.9. The number of carbonyl (C=O) groups is 1. The number of nitrogens with zero attached hydrogens (tertiary/aromatic N) is 3. The molecule has 0 atom stereocenters. The Morgan fingerprint density at radius 2 is 1.83 bits per heavy atom. The van der Waals surface area contributed by atoms with E-state index in [2.05, 4.69) is 10.1 Å². The smallest absolute Gasteiger partial charge is 0.416 e. The van der Waals surface area contributed by atoms with Crippen LogP contribution >= 0.6 is 11.3 Å². The lowest BCUT2D eigenvalue weighted by Gasteiger charge is -2.09. The number of hydrogen-bond donors (Lipinski definition) is 0. The number of benzene rings is 2. The van der Waals surface area contributed by atoms with Crippen molar-refractivity contribution in [3.05, 3.63) is 89.1 Å². The zero-order valence-electron chi connectivity index (χ0n) is 15.3. The first-order chi connectivity index (χ1) is 14.4. The molecule has 0 N–H and O–H groups in total. The Hall–Kier alpha value is -3.46. The quantitative estimate of drug-likeness (QED) is 0.400. The second-order valence-electron chi connectivity index (χ2n) is 6.26. The molecule has 0 fully saturated rings. The van der Waals surface area contributed by atoms with Gasteiger partial charge in [-0.2, -0.15) is 18.2 Å². The van der Waals surface area contributed by atoms with Crippen LogP contribution in [0, 0.1) is 0 Å². The van der Waals surface area contributed by atoms with Crippen LogP contribution < -0.4 is 0 Å². The van der Waals surface area contributed by atoms with Gasteiger partial charge in [0.25, 0.3) is 5.82 Å². The van der Waals surface area contributed by atoms with E-state index in [1.54, 1.807) is 29.6 Å². The molecule has 9 heteroatoms. The molecular formula is C21H14F3N3O2S. The molecule has 0 unspecified atom stereocenters. The zero-order valence-corrected chi connectivity index (χ0v) is 16.2. The molecule has 152 valence electrons. The Morgan fingerprint density at radius 3 is 2.53 bits per heavy atom. The largest absolute Gasteiger partial charge is 0.455 e. The third-order valence-electron chi connectivity index (χ3n) is 4.16. The maximum absolute atomic E-state index is 13.1. The van der Waals surface area contributed by atoms with E-state index in [1.165, 1.54) is 28.2 Å². The average Bonchev–Trinajstić information content (AvgIpc) is 3.42. The highest BCUT2D eigenvalue weighted by Gasteiger charge is 2.31. The fraction of sp³-hybridized carbons (Fsp3) is 0.0952. The number of carbonyl (C=O) groups excluding carboxylic acids is 1. The van der Waals surface area contributed by atoms with Gasteiger partial charge in [0.1, 0.15) is 6.61 Å². The lowest BCUT2D eigenvalue weighted by Crippen LogP contribution is -2.09. The first kappa shape index (κ1) is 19.8. The predicted octanol–water partition coefficient (Wildman–Crippen LogP) is 5.37. The Morgan fingerprint density at radius 1 is 1.03 bits per heavy atom. The van der Waals surface area contributed by atoms with E-state index in [4.69, 9.17) is 4.74 Å². The van der Waals surface area contributed by atoms with Gasteiger partial charge in [-0.05, 0) is 35.2 Å². The van der Waals surface area contributed by atoms with Crippen molar-refractivity contribution in [1.82, 2.24) is 14.8 Å². The minimum absolute atomic E-state index is 0.0338. The van der Waals surface area contributed by atoms with Crippen molar-refractivity contribution < 1.29 is 22.7 Å². The Labute approximate surface area is 173 Å². The summed E-state index contributed by atoms with van der Waals surface area (Å²) in [4.78, 5) is 17.4. The van der Waals surface area contributed by atoms with Crippen molar-refractivity contribution in [3.8, 4) is 16.4 Å². The number of rotatable bonds is 5. The second-order valence-corrected chi connectivity index (χ2v) is 7.21. The van der Waals surface area contributed by atoms with E-state index in [0.717, 1.165) is 17.7 Å². The highest BCUT2D eigenvalue weighted by atomic mass is 32.1. The summed E-state index contributed by atoms with van der Waals surface area (Å²) in [5.74, 6) is -0.731. The third kappa shape index (κ3) is 4.25. The van der Waals surface area contributed by atoms with Gasteiger partial charge in [-0.15, -0.1) is 16.4 Å². The van der Waals surface area contributed by atoms with Crippen molar-refractivity contribution in [3.63, 3.8) is 0 Å². The molecule has 2 aromatic carbocycles. The number of hydrogen-bond acceptors (Lipinski definition) is 5. The van der Waals surface area contributed by atoms with E-state index < -0.39 is 17.7 Å². The topological polar surface area (TPSA) is 57.0 Å². The average molecular weight is 429 g/mol. The van der Waals surface area contributed by atoms with Crippen LogP contribution in [0.1, 0.15) is 21.7 Å². The van der Waals surface area contributed by atoms with E-state index in [-0.39, 0.29) is 23.9 Å². The van der Waals surface area contributed by atoms with Crippen LogP contribution in [0.5, 0.6) is 0 Å². The van der Waals surface area contributed by atoms with Crippen LogP contribution in [0.25, 0.3) is 16.4 Å². The van der Waals surface area contributed by atoms with Gasteiger partial charge in [0.05, 0.1) is 16.1 Å². The molecule has 5 nitrogen and oxygen atoms in total. The summed E-state index contributed by atoms with van der Waals surface area (Å²) in [5.41, 5.74) is 0.116. The third-order valence-corrected chi connectivity index (χ3v) is 5.03. The molecule has 0 bridgehead atoms. The van der Waals surface area contributed by atoms with Crippen LogP contribution in [-0.2, 0) is 17.5 Å². The van der Waals surface area contributed by atoms with Crippen LogP contribution in [-0.4, -0.2) is 20.7 Å². The maximum Gasteiger partial charge on any atom is 0.416 e. The van der Waals surface area contributed by atoms with Crippen LogP contribution in [0.15, 0.2) is 72.1 Å². The molecule has 0 aliphatic carbocycles. The fourth-order valence-electron chi connectivity index (χ4n) is 2.75. The van der Waals surface area contributed by atoms with Gasteiger partial charge in [-0.1, -0.05) is 42.5 Å². The summed E-state index contributed by atoms with van der Waals surface area (Å²) in [7, 11) is 0. The van der Waals surface area contributed by atoms with Gasteiger partial charge in [0.2, 0.25) is 0 Å². The molecule has 0 saturated carbocycles. The van der Waals surface area contributed by atoms with Crippen molar-refractivity contribution >= 4 is 17.3 Å². The molecule has 2 heterocycles. The van der Waals surface area contributed by atoms with E-state index in [0.29, 0.717) is 4.88 Å². The number of esters is 1. The van der Waals surface area contributed by atoms with Crippen molar-refractivity contribution in [1.29, 1.82) is 0 Å². The lowest BCUT2D eigenvalue weighted by atomic mass is 10.2. The lowest BCUT2D eigenvalue weighted by molar-refractivity contribution is -0.137. The highest BCUT2D eigenvalue weighted by Crippen LogP contribution is 2.32. The summed E-state index contributed by atoms with van der Waals surface area (Å²) in [5, 5.41) is 5.94. The molecule has 0 saturated heterocycles. The van der Waals surface area contributed by atoms with Gasteiger partial charge in [0.15, 0.2) is 5.82 Å². The number of alkyl halides is 3. The summed E-state index contributed by atoms with van der Waals surface area (Å²) in [6.45, 7) is 0.0338. The van der Waals surface area contributed by atoms with E-state index in [9.17, 15) is 18.0 Å². The first-order valence-corrected chi connectivity index (χ1v) is 9.69. The molecule has 4 aromatic rings. The molecule has 0 amide bonds. The molecule has 0 radical (unpaired) electrons. The van der Waals surface area contributed by atoms with Gasteiger partial charge < -0.3 is 4.74 Å². The Kier molecular flexibility index (Phi) is 5.37. The highest BCUT2D eigenvalue weighted by molar-refractivity contribution is 7.13. The summed E-state index contributed by atoms with van der Waals surface area (Å²) in [6, 6.07) is 17.3. The molecule has 0 spiro atoms. The summed E-state index contributed by atoms with van der Waals surface area (Å²) in [6.07, 6.45) is -4.50. The standard InChI is InChI=1S/C21H14F3N3O2S/c22-21(23,24)15-8-4-9-16(12-15)27-19(17-10-5-11-30-17)25-18(26-27)20(28)29-13-14-6-2-1-3-7-14/h1-12H,13H2. The molecular weight excluding hydrogens is 415 g/mol. The molecule has 0 aliphatic heterocycles. The maximum atomic E-state index is 13.1. The van der Waals surface area contributed by atoms with E-state index >= 15 is 0 Å². The molecule has 2 aromatic heterocycles. The predicted molar refractivity (Wildman–Crippen MR) is 105 cm³/mol. The number of aromatic nitrogens is 3. The monoisotopic (exact) mass is 429 g/mol. The summed E-state index contributed by atoms with van der Waals surface area (Å²) >= 11 is 1.33. The number of ether oxygens (including phenoxy) is 1. The second kappa shape index (κ2) is 8.11. The molecule has 0 aliphatic rings. The minimum atomic E-state index is -4.50. The Bertz CT molecular complexity index is 1160. The van der Waals surface area contributed by atoms with Crippen LogP contribution in [0.2, 0.25) is 0 Å². The van der Waals surface area contributed by atoms with E-state index in [1.807, 2.05) is 18.2 Å². The van der Waals surface area contributed by atoms with Gasteiger partial charge >= 0.3 is 12.1 Å². The van der Waals surface area contributed by atoms with Crippen molar-refractivity contribution in [2.45, 2.75) is 12.8 Å². The SMILES string of the molecule is O=C(OCc1ccccc1)c1nc(-c2cccs2)n(-c2cccc(C(F)(F)F)c2)n1. The fourth-order valence-corrected chi connectivity index (χ4v) is 3.44. The van der Waals surface area contributed by atoms with Crippen LogP contribution in [0.4, 0.5) is 13.2 Å². The number of halogens is 3. The van der Waals surface area contributed by atoms with Crippen LogP contribution in [0.3, 0.4) is 0 Å². The zero-order chi connectivity index (χ0) is 21.1. The van der Waals surface area contributed by atoms with Gasteiger partial charge in [-0.3, -0.25) is 0 Å². The normalized spacial score (nSPS) is 11.4. The van der Waals surface area contributed by atoms with Gasteiger partial charge in [-0.25, -0.2) is 9.48 Å². The van der Waals surface area contributed by atoms with Crippen molar-refractivity contribution in [2.75, 3.05) is 0 Å².